The van der Waals surface area contributed by atoms with E-state index >= 15 is 0 Å². The fourth-order valence-corrected chi connectivity index (χ4v) is 2.61. The van der Waals surface area contributed by atoms with Crippen molar-refractivity contribution >= 4 is 22.9 Å². The molecule has 0 aliphatic carbocycles. The molecule has 0 atom stereocenters. The number of thiophene rings is 1. The highest BCUT2D eigenvalue weighted by atomic mass is 35.5. The van der Waals surface area contributed by atoms with Gasteiger partial charge in [-0.3, -0.25) is 0 Å². The van der Waals surface area contributed by atoms with Gasteiger partial charge in [-0.05, 0) is 35.7 Å². The second-order valence-corrected chi connectivity index (χ2v) is 6.09. The third-order valence-electron chi connectivity index (χ3n) is 2.44. The van der Waals surface area contributed by atoms with Crippen LogP contribution in [0.2, 0.25) is 5.02 Å². The monoisotopic (exact) mass is 274 g/mol. The zero-order chi connectivity index (χ0) is 13.0. The molecule has 2 rings (SSSR count). The summed E-state index contributed by atoms with van der Waals surface area (Å²) in [7, 11) is 0. The van der Waals surface area contributed by atoms with Gasteiger partial charge in [0.1, 0.15) is 0 Å². The molecule has 0 nitrogen and oxygen atoms in total. The maximum atomic E-state index is 6.00. The topological polar surface area (TPSA) is 0 Å². The van der Waals surface area contributed by atoms with Crippen LogP contribution in [-0.2, 0) is 0 Å². The van der Waals surface area contributed by atoms with E-state index in [0.29, 0.717) is 5.92 Å². The lowest BCUT2D eigenvalue weighted by Gasteiger charge is -1.96. The lowest BCUT2D eigenvalue weighted by atomic mass is 10.1. The van der Waals surface area contributed by atoms with Gasteiger partial charge in [0, 0.05) is 16.3 Å². The van der Waals surface area contributed by atoms with Crippen LogP contribution in [0.4, 0.5) is 0 Å². The smallest absolute Gasteiger partial charge is 0.0775 e. The predicted octanol–water partition coefficient (Wildman–Crippen LogP) is 5.47. The van der Waals surface area contributed by atoms with E-state index in [1.807, 2.05) is 18.2 Å². The Balaban J connectivity index is 2.17. The molecule has 1 heterocycles. The molecule has 1 aromatic carbocycles. The molecule has 0 aliphatic rings. The molecule has 18 heavy (non-hydrogen) atoms. The average Bonchev–Trinajstić information content (AvgIpc) is 2.77. The van der Waals surface area contributed by atoms with Gasteiger partial charge in [-0.15, -0.1) is 11.3 Å². The minimum atomic E-state index is 0.630. The highest BCUT2D eigenvalue weighted by Crippen LogP contribution is 2.29. The Morgan fingerprint density at radius 3 is 2.78 bits per heavy atom. The van der Waals surface area contributed by atoms with E-state index in [4.69, 9.17) is 11.6 Å². The molecule has 0 N–H and O–H groups in total. The molecule has 0 saturated carbocycles. The second-order valence-electron chi connectivity index (χ2n) is 4.57. The summed E-state index contributed by atoms with van der Waals surface area (Å²) in [5.74, 6) is 7.06. The molecular formula is C16H15ClS. The number of benzene rings is 1. The number of hydrogen-bond donors (Lipinski definition) is 0. The van der Waals surface area contributed by atoms with Gasteiger partial charge in [0.05, 0.1) is 4.88 Å². The first-order valence-electron chi connectivity index (χ1n) is 6.00. The van der Waals surface area contributed by atoms with Gasteiger partial charge in [0.25, 0.3) is 0 Å². The van der Waals surface area contributed by atoms with Crippen LogP contribution in [-0.4, -0.2) is 0 Å². The van der Waals surface area contributed by atoms with E-state index in [-0.39, 0.29) is 0 Å². The van der Waals surface area contributed by atoms with Crippen molar-refractivity contribution < 1.29 is 0 Å². The summed E-state index contributed by atoms with van der Waals surface area (Å²) in [6, 6.07) is 12.1. The molecule has 2 aromatic rings. The van der Waals surface area contributed by atoms with E-state index in [1.165, 1.54) is 4.88 Å². The van der Waals surface area contributed by atoms with Gasteiger partial charge < -0.3 is 0 Å². The van der Waals surface area contributed by atoms with E-state index in [1.54, 1.807) is 11.3 Å². The molecule has 0 spiro atoms. The Morgan fingerprint density at radius 1 is 1.22 bits per heavy atom. The van der Waals surface area contributed by atoms with Gasteiger partial charge in [-0.25, -0.2) is 0 Å². The highest BCUT2D eigenvalue weighted by molar-refractivity contribution is 7.16. The first-order valence-corrected chi connectivity index (χ1v) is 7.19. The SMILES string of the molecule is CC(C)CC#Cc1ccc(-c2cccc(Cl)c2)s1. The summed E-state index contributed by atoms with van der Waals surface area (Å²) < 4.78 is 0. The van der Waals surface area contributed by atoms with Crippen LogP contribution in [0, 0.1) is 17.8 Å². The maximum absolute atomic E-state index is 6.00. The van der Waals surface area contributed by atoms with Gasteiger partial charge in [0.2, 0.25) is 0 Å². The Labute approximate surface area is 118 Å². The summed E-state index contributed by atoms with van der Waals surface area (Å²) >= 11 is 7.71. The average molecular weight is 275 g/mol. The van der Waals surface area contributed by atoms with E-state index in [9.17, 15) is 0 Å². The van der Waals surface area contributed by atoms with Crippen LogP contribution >= 0.6 is 22.9 Å². The van der Waals surface area contributed by atoms with Crippen LogP contribution in [0.25, 0.3) is 10.4 Å². The summed E-state index contributed by atoms with van der Waals surface area (Å²) in [4.78, 5) is 2.33. The van der Waals surface area contributed by atoms with Gasteiger partial charge >= 0.3 is 0 Å². The summed E-state index contributed by atoms with van der Waals surface area (Å²) in [5.41, 5.74) is 1.16. The first-order chi connectivity index (χ1) is 8.65. The lowest BCUT2D eigenvalue weighted by Crippen LogP contribution is -1.81. The minimum absolute atomic E-state index is 0.630. The van der Waals surface area contributed by atoms with E-state index in [0.717, 1.165) is 21.9 Å². The van der Waals surface area contributed by atoms with E-state index in [2.05, 4.69) is 43.9 Å². The van der Waals surface area contributed by atoms with Crippen molar-refractivity contribution in [2.75, 3.05) is 0 Å². The Hall–Kier alpha value is -1.23. The molecule has 0 amide bonds. The Kier molecular flexibility index (Phi) is 4.47. The molecule has 2 heteroatoms. The third-order valence-corrected chi connectivity index (χ3v) is 3.72. The molecule has 0 unspecified atom stereocenters. The Bertz CT molecular complexity index is 584. The number of hydrogen-bond acceptors (Lipinski definition) is 1. The van der Waals surface area contributed by atoms with Crippen molar-refractivity contribution in [3.05, 3.63) is 46.3 Å². The Morgan fingerprint density at radius 2 is 2.06 bits per heavy atom. The lowest BCUT2D eigenvalue weighted by molar-refractivity contribution is 0.676. The molecular weight excluding hydrogens is 260 g/mol. The summed E-state index contributed by atoms with van der Waals surface area (Å²) in [6.45, 7) is 4.36. The highest BCUT2D eigenvalue weighted by Gasteiger charge is 2.01. The first kappa shape index (κ1) is 13.2. The zero-order valence-electron chi connectivity index (χ0n) is 10.5. The minimum Gasteiger partial charge on any atom is -0.127 e. The van der Waals surface area contributed by atoms with Crippen molar-refractivity contribution in [3.63, 3.8) is 0 Å². The fourth-order valence-electron chi connectivity index (χ4n) is 1.54. The van der Waals surface area contributed by atoms with Crippen LogP contribution in [0.5, 0.6) is 0 Å². The molecule has 0 saturated heterocycles. The maximum Gasteiger partial charge on any atom is 0.0775 e. The molecule has 0 aliphatic heterocycles. The fraction of sp³-hybridized carbons (Fsp3) is 0.250. The largest absolute Gasteiger partial charge is 0.127 e. The van der Waals surface area contributed by atoms with Crippen LogP contribution in [0.15, 0.2) is 36.4 Å². The van der Waals surface area contributed by atoms with Crippen molar-refractivity contribution in [2.24, 2.45) is 5.92 Å². The van der Waals surface area contributed by atoms with Gasteiger partial charge in [-0.2, -0.15) is 0 Å². The molecule has 0 radical (unpaired) electrons. The van der Waals surface area contributed by atoms with Crippen molar-refractivity contribution in [1.29, 1.82) is 0 Å². The summed E-state index contributed by atoms with van der Waals surface area (Å²) in [6.07, 6.45) is 0.949. The normalized spacial score (nSPS) is 10.2. The second kappa shape index (κ2) is 6.09. The van der Waals surface area contributed by atoms with Crippen LogP contribution in [0.1, 0.15) is 25.1 Å². The number of rotatable bonds is 2. The molecule has 1 aromatic heterocycles. The van der Waals surface area contributed by atoms with E-state index < -0.39 is 0 Å². The van der Waals surface area contributed by atoms with Gasteiger partial charge in [0.15, 0.2) is 0 Å². The van der Waals surface area contributed by atoms with Crippen molar-refractivity contribution in [2.45, 2.75) is 20.3 Å². The van der Waals surface area contributed by atoms with Crippen LogP contribution in [0.3, 0.4) is 0 Å². The summed E-state index contributed by atoms with van der Waals surface area (Å²) in [5, 5.41) is 0.772. The van der Waals surface area contributed by atoms with Crippen molar-refractivity contribution in [1.82, 2.24) is 0 Å². The molecule has 92 valence electrons. The standard InChI is InChI=1S/C16H15ClS/c1-12(2)5-3-8-15-9-10-16(18-15)13-6-4-7-14(17)11-13/h4,6-7,9-12H,5H2,1-2H3. The van der Waals surface area contributed by atoms with Crippen molar-refractivity contribution in [3.8, 4) is 22.3 Å². The zero-order valence-corrected chi connectivity index (χ0v) is 12.1. The quantitative estimate of drug-likeness (QED) is 0.637. The number of halogens is 1. The van der Waals surface area contributed by atoms with Gasteiger partial charge in [-0.1, -0.05) is 49.4 Å². The third kappa shape index (κ3) is 3.63. The molecule has 0 fully saturated rings. The van der Waals surface area contributed by atoms with Crippen LogP contribution < -0.4 is 0 Å². The predicted molar refractivity (Wildman–Crippen MR) is 81.1 cm³/mol. The molecule has 0 bridgehead atoms.